The summed E-state index contributed by atoms with van der Waals surface area (Å²) in [4.78, 5) is 13.1. The van der Waals surface area contributed by atoms with Crippen LogP contribution in [0.1, 0.15) is 6.42 Å². The number of amides is 1. The number of likely N-dealkylation sites (N-methyl/N-ethyl adjacent to an activating group) is 1. The van der Waals surface area contributed by atoms with Crippen LogP contribution in [-0.2, 0) is 9.53 Å². The van der Waals surface area contributed by atoms with Crippen LogP contribution in [0.3, 0.4) is 0 Å². The highest BCUT2D eigenvalue weighted by Crippen LogP contribution is 1.92. The Morgan fingerprint density at radius 1 is 1.57 bits per heavy atom. The zero-order chi connectivity index (χ0) is 11.0. The van der Waals surface area contributed by atoms with Crippen LogP contribution in [0.4, 0.5) is 0 Å². The third kappa shape index (κ3) is 6.82. The van der Waals surface area contributed by atoms with Crippen molar-refractivity contribution in [3.63, 3.8) is 0 Å². The van der Waals surface area contributed by atoms with Gasteiger partial charge in [-0.2, -0.15) is 0 Å². The molecule has 0 spiro atoms. The van der Waals surface area contributed by atoms with Crippen molar-refractivity contribution in [3.05, 3.63) is 0 Å². The molecule has 5 heteroatoms. The van der Waals surface area contributed by atoms with E-state index in [1.54, 1.807) is 12.0 Å². The van der Waals surface area contributed by atoms with Gasteiger partial charge >= 0.3 is 0 Å². The third-order valence-corrected chi connectivity index (χ3v) is 1.67. The smallest absolute Gasteiger partial charge is 0.234 e. The first-order valence-corrected chi connectivity index (χ1v) is 4.64. The molecule has 1 unspecified atom stereocenters. The molecule has 84 valence electrons. The Bertz CT molecular complexity index is 156. The second-order valence-electron chi connectivity index (χ2n) is 3.47. The number of aliphatic hydroxyl groups is 1. The average molecular weight is 204 g/mol. The van der Waals surface area contributed by atoms with Gasteiger partial charge in [-0.25, -0.2) is 0 Å². The van der Waals surface area contributed by atoms with Crippen LogP contribution in [0.15, 0.2) is 0 Å². The van der Waals surface area contributed by atoms with Crippen molar-refractivity contribution < 1.29 is 14.6 Å². The van der Waals surface area contributed by atoms with Crippen LogP contribution in [0, 0.1) is 0 Å². The summed E-state index contributed by atoms with van der Waals surface area (Å²) in [5.74, 6) is -0.0505. The highest BCUT2D eigenvalue weighted by Gasteiger charge is 2.11. The molecule has 0 aliphatic heterocycles. The lowest BCUT2D eigenvalue weighted by Gasteiger charge is -2.18. The van der Waals surface area contributed by atoms with Crippen molar-refractivity contribution in [1.29, 1.82) is 0 Å². The molecule has 14 heavy (non-hydrogen) atoms. The summed E-state index contributed by atoms with van der Waals surface area (Å²) >= 11 is 0. The molecular weight excluding hydrogens is 184 g/mol. The Labute approximate surface area is 85.0 Å². The number of ether oxygens (including phenoxy) is 1. The first kappa shape index (κ1) is 13.4. The summed E-state index contributed by atoms with van der Waals surface area (Å²) in [6.07, 6.45) is 0.521. The van der Waals surface area contributed by atoms with Crippen LogP contribution in [-0.4, -0.2) is 62.9 Å². The summed E-state index contributed by atoms with van der Waals surface area (Å²) < 4.78 is 4.92. The monoisotopic (exact) mass is 204 g/mol. The molecule has 0 fully saturated rings. The Morgan fingerprint density at radius 2 is 2.21 bits per heavy atom. The first-order valence-electron chi connectivity index (χ1n) is 4.64. The van der Waals surface area contributed by atoms with Crippen molar-refractivity contribution >= 4 is 5.91 Å². The highest BCUT2D eigenvalue weighted by atomic mass is 16.5. The minimum atomic E-state index is -0.0996. The van der Waals surface area contributed by atoms with Gasteiger partial charge in [0.05, 0.1) is 19.2 Å². The van der Waals surface area contributed by atoms with Crippen LogP contribution < -0.4 is 5.32 Å². The van der Waals surface area contributed by atoms with E-state index in [9.17, 15) is 4.79 Å². The van der Waals surface area contributed by atoms with Gasteiger partial charge in [0.1, 0.15) is 0 Å². The van der Waals surface area contributed by atoms with E-state index < -0.39 is 0 Å². The van der Waals surface area contributed by atoms with E-state index in [0.717, 1.165) is 0 Å². The first-order chi connectivity index (χ1) is 6.60. The molecule has 0 aromatic heterocycles. The fraction of sp³-hybridized carbons (Fsp3) is 0.889. The molecule has 0 rings (SSSR count). The molecule has 0 aliphatic carbocycles. The Hall–Kier alpha value is -0.650. The number of nitrogens with one attached hydrogen (secondary N) is 1. The molecule has 2 N–H and O–H groups in total. The van der Waals surface area contributed by atoms with Crippen LogP contribution in [0.25, 0.3) is 0 Å². The van der Waals surface area contributed by atoms with E-state index in [1.807, 2.05) is 14.1 Å². The van der Waals surface area contributed by atoms with Gasteiger partial charge in [0, 0.05) is 13.7 Å². The number of hydrogen-bond donors (Lipinski definition) is 2. The second kappa shape index (κ2) is 7.73. The van der Waals surface area contributed by atoms with Gasteiger partial charge in [0.2, 0.25) is 5.91 Å². The topological polar surface area (TPSA) is 61.8 Å². The fourth-order valence-corrected chi connectivity index (χ4v) is 1.11. The van der Waals surface area contributed by atoms with E-state index in [2.05, 4.69) is 5.32 Å². The zero-order valence-corrected chi connectivity index (χ0v) is 9.12. The summed E-state index contributed by atoms with van der Waals surface area (Å²) in [7, 11) is 5.23. The molecule has 0 saturated carbocycles. The van der Waals surface area contributed by atoms with E-state index >= 15 is 0 Å². The van der Waals surface area contributed by atoms with Gasteiger partial charge in [0.15, 0.2) is 0 Å². The van der Waals surface area contributed by atoms with Gasteiger partial charge in [-0.15, -0.1) is 0 Å². The molecular formula is C9H20N2O3. The van der Waals surface area contributed by atoms with Crippen molar-refractivity contribution in [2.45, 2.75) is 12.5 Å². The van der Waals surface area contributed by atoms with Gasteiger partial charge in [-0.1, -0.05) is 0 Å². The molecule has 0 saturated heterocycles. The molecule has 0 aliphatic rings. The van der Waals surface area contributed by atoms with Gasteiger partial charge in [-0.3, -0.25) is 4.79 Å². The van der Waals surface area contributed by atoms with Crippen molar-refractivity contribution in [2.75, 3.05) is 41.0 Å². The lowest BCUT2D eigenvalue weighted by molar-refractivity contribution is -0.122. The number of nitrogens with zero attached hydrogens (tertiary/aromatic N) is 1. The maximum absolute atomic E-state index is 11.3. The van der Waals surface area contributed by atoms with E-state index in [-0.39, 0.29) is 18.6 Å². The normalized spacial score (nSPS) is 12.9. The van der Waals surface area contributed by atoms with Gasteiger partial charge in [0.25, 0.3) is 0 Å². The number of carbonyl (C=O) groups excluding carboxylic acids is 1. The van der Waals surface area contributed by atoms with Crippen molar-refractivity contribution in [1.82, 2.24) is 10.2 Å². The van der Waals surface area contributed by atoms with Gasteiger partial charge < -0.3 is 20.1 Å². The summed E-state index contributed by atoms with van der Waals surface area (Å²) in [5.41, 5.74) is 0. The lowest BCUT2D eigenvalue weighted by atomic mass is 10.2. The van der Waals surface area contributed by atoms with Crippen LogP contribution in [0.2, 0.25) is 0 Å². The van der Waals surface area contributed by atoms with E-state index in [1.165, 1.54) is 0 Å². The summed E-state index contributed by atoms with van der Waals surface area (Å²) in [6.45, 7) is 0.835. The largest absolute Gasteiger partial charge is 0.396 e. The summed E-state index contributed by atoms with van der Waals surface area (Å²) in [5, 5.41) is 11.5. The summed E-state index contributed by atoms with van der Waals surface area (Å²) in [6, 6.07) is -0.0996. The maximum atomic E-state index is 11.3. The second-order valence-corrected chi connectivity index (χ2v) is 3.47. The molecule has 1 atom stereocenters. The predicted octanol–water partition coefficient (Wildman–Crippen LogP) is -0.938. The quantitative estimate of drug-likeness (QED) is 0.562. The lowest BCUT2D eigenvalue weighted by Crippen LogP contribution is -2.42. The standard InChI is InChI=1S/C9H20N2O3/c1-11(2)6-9(13)10-8(4-5-12)7-14-3/h8,12H,4-7H2,1-3H3,(H,10,13). The van der Waals surface area contributed by atoms with Crippen molar-refractivity contribution in [3.8, 4) is 0 Å². The molecule has 0 heterocycles. The molecule has 5 nitrogen and oxygen atoms in total. The fourth-order valence-electron chi connectivity index (χ4n) is 1.11. The number of aliphatic hydroxyl groups excluding tert-OH is 1. The minimum absolute atomic E-state index is 0.0505. The predicted molar refractivity (Wildman–Crippen MR) is 54.1 cm³/mol. The number of methoxy groups -OCH3 is 1. The maximum Gasteiger partial charge on any atom is 0.234 e. The average Bonchev–Trinajstić information content (AvgIpc) is 2.03. The van der Waals surface area contributed by atoms with Crippen LogP contribution in [0.5, 0.6) is 0 Å². The highest BCUT2D eigenvalue weighted by molar-refractivity contribution is 5.78. The molecule has 0 aromatic carbocycles. The van der Waals surface area contributed by atoms with E-state index in [4.69, 9.17) is 9.84 Å². The van der Waals surface area contributed by atoms with Gasteiger partial charge in [-0.05, 0) is 20.5 Å². The molecule has 0 aromatic rings. The Kier molecular flexibility index (Phi) is 7.37. The SMILES string of the molecule is COCC(CCO)NC(=O)CN(C)C. The van der Waals surface area contributed by atoms with Crippen LogP contribution >= 0.6 is 0 Å². The Morgan fingerprint density at radius 3 is 2.64 bits per heavy atom. The Balaban J connectivity index is 3.82. The van der Waals surface area contributed by atoms with E-state index in [0.29, 0.717) is 19.6 Å². The van der Waals surface area contributed by atoms with Crippen molar-refractivity contribution in [2.24, 2.45) is 0 Å². The zero-order valence-electron chi connectivity index (χ0n) is 9.12. The molecule has 1 amide bonds. The third-order valence-electron chi connectivity index (χ3n) is 1.67. The number of carbonyl (C=O) groups is 1. The molecule has 0 bridgehead atoms. The number of hydrogen-bond acceptors (Lipinski definition) is 4. The number of rotatable bonds is 7. The molecule has 0 radical (unpaired) electrons. The minimum Gasteiger partial charge on any atom is -0.396 e.